The molecule has 1 saturated heterocycles. The monoisotopic (exact) mass is 294 g/mol. The molecule has 2 amide bonds. The lowest BCUT2D eigenvalue weighted by Crippen LogP contribution is -2.47. The van der Waals surface area contributed by atoms with Crippen molar-refractivity contribution in [2.45, 2.75) is 46.6 Å². The molecule has 1 aliphatic heterocycles. The quantitative estimate of drug-likeness (QED) is 0.799. The first-order valence-corrected chi connectivity index (χ1v) is 7.08. The van der Waals surface area contributed by atoms with Gasteiger partial charge in [0, 0.05) is 13.1 Å². The molecule has 1 aliphatic rings. The molecule has 0 atom stereocenters. The number of nitrogens with zero attached hydrogens (tertiary/aromatic N) is 2. The molecule has 116 valence electrons. The summed E-state index contributed by atoms with van der Waals surface area (Å²) >= 11 is 0. The Kier molecular flexibility index (Phi) is 3.98. The van der Waals surface area contributed by atoms with E-state index in [-0.39, 0.29) is 5.91 Å². The molecule has 6 nitrogen and oxygen atoms in total. The van der Waals surface area contributed by atoms with Crippen molar-refractivity contribution in [1.82, 2.24) is 10.0 Å². The molecule has 2 rings (SSSR count). The third-order valence-corrected chi connectivity index (χ3v) is 3.14. The van der Waals surface area contributed by atoms with Gasteiger partial charge in [-0.3, -0.25) is 4.79 Å². The maximum absolute atomic E-state index is 12.6. The summed E-state index contributed by atoms with van der Waals surface area (Å²) in [5.41, 5.74) is -0.0979. The molecule has 0 radical (unpaired) electrons. The van der Waals surface area contributed by atoms with Crippen LogP contribution in [0, 0.1) is 13.8 Å². The number of carbonyl (C=O) groups excluding carboxylic acids is 2. The molecular formula is C15H22N2O4. The summed E-state index contributed by atoms with van der Waals surface area (Å²) in [4.78, 5) is 24.8. The molecule has 0 N–H and O–H groups in total. The van der Waals surface area contributed by atoms with Crippen LogP contribution in [0.5, 0.6) is 0 Å². The maximum atomic E-state index is 12.6. The van der Waals surface area contributed by atoms with Crippen LogP contribution in [0.25, 0.3) is 0 Å². The maximum Gasteiger partial charge on any atom is 0.429 e. The largest absolute Gasteiger partial charge is 0.466 e. The first-order valence-electron chi connectivity index (χ1n) is 7.08. The van der Waals surface area contributed by atoms with Gasteiger partial charge in [0.25, 0.3) is 5.91 Å². The van der Waals surface area contributed by atoms with Gasteiger partial charge in [-0.2, -0.15) is 0 Å². The van der Waals surface area contributed by atoms with E-state index in [4.69, 9.17) is 9.15 Å². The number of hydrogen-bond donors (Lipinski definition) is 0. The average molecular weight is 294 g/mol. The minimum absolute atomic E-state index is 0.229. The zero-order valence-electron chi connectivity index (χ0n) is 13.2. The van der Waals surface area contributed by atoms with Gasteiger partial charge in [-0.15, -0.1) is 0 Å². The predicted octanol–water partition coefficient (Wildman–Crippen LogP) is 2.89. The summed E-state index contributed by atoms with van der Waals surface area (Å²) in [6.45, 7) is 9.93. The van der Waals surface area contributed by atoms with Crippen molar-refractivity contribution in [1.29, 1.82) is 0 Å². The van der Waals surface area contributed by atoms with Crippen molar-refractivity contribution in [3.63, 3.8) is 0 Å². The van der Waals surface area contributed by atoms with Crippen molar-refractivity contribution < 1.29 is 18.7 Å². The topological polar surface area (TPSA) is 63.0 Å². The predicted molar refractivity (Wildman–Crippen MR) is 76.8 cm³/mol. The van der Waals surface area contributed by atoms with Crippen LogP contribution in [0.15, 0.2) is 10.5 Å². The summed E-state index contributed by atoms with van der Waals surface area (Å²) in [6, 6.07) is 1.70. The van der Waals surface area contributed by atoms with Crippen LogP contribution in [0.3, 0.4) is 0 Å². The highest BCUT2D eigenvalue weighted by Gasteiger charge is 2.35. The smallest absolute Gasteiger partial charge is 0.429 e. The first-order chi connectivity index (χ1) is 9.69. The van der Waals surface area contributed by atoms with Crippen LogP contribution < -0.4 is 0 Å². The van der Waals surface area contributed by atoms with Crippen LogP contribution in [-0.4, -0.2) is 40.7 Å². The number of furan rings is 1. The minimum atomic E-state index is -0.587. The fourth-order valence-corrected chi connectivity index (χ4v) is 2.31. The Labute approximate surface area is 124 Å². The second-order valence-electron chi connectivity index (χ2n) is 6.21. The standard InChI is InChI=1S/C15H22N2O4/c1-10-9-12(11(2)20-10)13(18)16-7-6-8-17(16)14(19)21-15(3,4)5/h9H,6-8H2,1-5H3. The number of carbonyl (C=O) groups is 2. The molecular weight excluding hydrogens is 272 g/mol. The van der Waals surface area contributed by atoms with Gasteiger partial charge in [-0.1, -0.05) is 0 Å². The van der Waals surface area contributed by atoms with Crippen LogP contribution in [0.1, 0.15) is 49.1 Å². The first kappa shape index (κ1) is 15.4. The Hall–Kier alpha value is -1.98. The van der Waals surface area contributed by atoms with E-state index >= 15 is 0 Å². The molecule has 21 heavy (non-hydrogen) atoms. The molecule has 0 spiro atoms. The summed E-state index contributed by atoms with van der Waals surface area (Å²) in [7, 11) is 0. The zero-order valence-corrected chi connectivity index (χ0v) is 13.2. The lowest BCUT2D eigenvalue weighted by molar-refractivity contribution is -0.0194. The highest BCUT2D eigenvalue weighted by atomic mass is 16.6. The van der Waals surface area contributed by atoms with Crippen molar-refractivity contribution in [3.05, 3.63) is 23.2 Å². The van der Waals surface area contributed by atoms with Crippen LogP contribution >= 0.6 is 0 Å². The van der Waals surface area contributed by atoms with Crippen LogP contribution in [0.4, 0.5) is 4.79 Å². The normalized spacial score (nSPS) is 15.5. The summed E-state index contributed by atoms with van der Waals surface area (Å²) in [6.07, 6.45) is 0.243. The molecule has 2 heterocycles. The van der Waals surface area contributed by atoms with Gasteiger partial charge < -0.3 is 9.15 Å². The lowest BCUT2D eigenvalue weighted by atomic mass is 10.2. The van der Waals surface area contributed by atoms with Gasteiger partial charge in [0.2, 0.25) is 0 Å². The van der Waals surface area contributed by atoms with Crippen molar-refractivity contribution >= 4 is 12.0 Å². The molecule has 1 fully saturated rings. The van der Waals surface area contributed by atoms with E-state index in [0.29, 0.717) is 30.2 Å². The van der Waals surface area contributed by atoms with E-state index in [0.717, 1.165) is 6.42 Å². The van der Waals surface area contributed by atoms with Gasteiger partial charge in [-0.05, 0) is 47.1 Å². The van der Waals surface area contributed by atoms with Gasteiger partial charge in [-0.25, -0.2) is 14.8 Å². The third-order valence-electron chi connectivity index (χ3n) is 3.14. The highest BCUT2D eigenvalue weighted by Crippen LogP contribution is 2.22. The van der Waals surface area contributed by atoms with Crippen LogP contribution in [-0.2, 0) is 4.74 Å². The number of aryl methyl sites for hydroxylation is 2. The number of amides is 2. The molecule has 0 bridgehead atoms. The van der Waals surface area contributed by atoms with Crippen molar-refractivity contribution in [2.75, 3.05) is 13.1 Å². The van der Waals surface area contributed by atoms with Crippen LogP contribution in [0.2, 0.25) is 0 Å². The SMILES string of the molecule is Cc1cc(C(=O)N2CCCN2C(=O)OC(C)(C)C)c(C)o1. The van der Waals surface area contributed by atoms with Gasteiger partial charge in [0.05, 0.1) is 5.56 Å². The Morgan fingerprint density at radius 1 is 1.19 bits per heavy atom. The number of hydrogen-bond acceptors (Lipinski definition) is 4. The van der Waals surface area contributed by atoms with Gasteiger partial charge in [0.1, 0.15) is 17.1 Å². The molecule has 1 aromatic heterocycles. The van der Waals surface area contributed by atoms with E-state index in [9.17, 15) is 9.59 Å². The fourth-order valence-electron chi connectivity index (χ4n) is 2.31. The molecule has 0 aliphatic carbocycles. The molecule has 0 saturated carbocycles. The third kappa shape index (κ3) is 3.37. The van der Waals surface area contributed by atoms with E-state index in [1.54, 1.807) is 40.7 Å². The van der Waals surface area contributed by atoms with Crippen molar-refractivity contribution in [3.8, 4) is 0 Å². The average Bonchev–Trinajstić information content (AvgIpc) is 2.92. The van der Waals surface area contributed by atoms with E-state index < -0.39 is 11.7 Å². The zero-order chi connectivity index (χ0) is 15.8. The Bertz CT molecular complexity index is 557. The Balaban J connectivity index is 2.17. The molecule has 0 unspecified atom stereocenters. The van der Waals surface area contributed by atoms with Gasteiger partial charge in [0.15, 0.2) is 0 Å². The Morgan fingerprint density at radius 2 is 1.81 bits per heavy atom. The second-order valence-corrected chi connectivity index (χ2v) is 6.21. The number of rotatable bonds is 1. The molecule has 1 aromatic rings. The summed E-state index contributed by atoms with van der Waals surface area (Å²) in [5, 5.41) is 2.81. The number of ether oxygens (including phenoxy) is 1. The van der Waals surface area contributed by atoms with Gasteiger partial charge >= 0.3 is 6.09 Å². The molecule has 6 heteroatoms. The highest BCUT2D eigenvalue weighted by molar-refractivity contribution is 5.96. The Morgan fingerprint density at radius 3 is 2.33 bits per heavy atom. The number of hydrazine groups is 1. The second kappa shape index (κ2) is 5.42. The van der Waals surface area contributed by atoms with E-state index in [1.165, 1.54) is 10.0 Å². The van der Waals surface area contributed by atoms with E-state index in [2.05, 4.69) is 0 Å². The minimum Gasteiger partial charge on any atom is -0.466 e. The van der Waals surface area contributed by atoms with Crippen molar-refractivity contribution in [2.24, 2.45) is 0 Å². The fraction of sp³-hybridized carbons (Fsp3) is 0.600. The lowest BCUT2D eigenvalue weighted by Gasteiger charge is -2.30. The summed E-state index contributed by atoms with van der Waals surface area (Å²) in [5.74, 6) is 1.01. The summed E-state index contributed by atoms with van der Waals surface area (Å²) < 4.78 is 10.7. The van der Waals surface area contributed by atoms with E-state index in [1.807, 2.05) is 0 Å². The molecule has 0 aromatic carbocycles.